The minimum absolute atomic E-state index is 0.0324. The van der Waals surface area contributed by atoms with Crippen LogP contribution in [0.5, 0.6) is 0 Å². The standard InChI is InChI=1S/C13H19N3O4S/c1-7-5-9(21-8(7)2)6-15-13(20)16-10(12(18)19)3-4-11(14)17/h5,10H,3-4,6H2,1-2H3,(H2,14,17)(H,18,19)(H2,15,16,20)/t10-/m1/s1. The van der Waals surface area contributed by atoms with Crippen molar-refractivity contribution in [3.8, 4) is 0 Å². The van der Waals surface area contributed by atoms with Crippen molar-refractivity contribution in [3.05, 3.63) is 21.4 Å². The summed E-state index contributed by atoms with van der Waals surface area (Å²) < 4.78 is 0. The van der Waals surface area contributed by atoms with Gasteiger partial charge in [0.2, 0.25) is 5.91 Å². The van der Waals surface area contributed by atoms with Gasteiger partial charge in [0.15, 0.2) is 0 Å². The fraction of sp³-hybridized carbons (Fsp3) is 0.462. The molecule has 8 heteroatoms. The summed E-state index contributed by atoms with van der Waals surface area (Å²) in [5.74, 6) is -1.80. The predicted molar refractivity (Wildman–Crippen MR) is 79.0 cm³/mol. The normalized spacial score (nSPS) is 11.7. The van der Waals surface area contributed by atoms with Crippen LogP contribution in [0.25, 0.3) is 0 Å². The molecule has 0 fully saturated rings. The first-order valence-electron chi connectivity index (χ1n) is 6.41. The summed E-state index contributed by atoms with van der Waals surface area (Å²) >= 11 is 1.58. The van der Waals surface area contributed by atoms with Crippen LogP contribution in [0.2, 0.25) is 0 Å². The summed E-state index contributed by atoms with van der Waals surface area (Å²) in [5, 5.41) is 13.9. The molecule has 7 nitrogen and oxygen atoms in total. The third-order valence-electron chi connectivity index (χ3n) is 2.92. The zero-order valence-electron chi connectivity index (χ0n) is 11.9. The molecule has 21 heavy (non-hydrogen) atoms. The van der Waals surface area contributed by atoms with Crippen LogP contribution in [-0.2, 0) is 16.1 Å². The highest BCUT2D eigenvalue weighted by Crippen LogP contribution is 2.20. The summed E-state index contributed by atoms with van der Waals surface area (Å²) in [6.07, 6.45) is -0.129. The molecule has 5 N–H and O–H groups in total. The van der Waals surface area contributed by atoms with Gasteiger partial charge in [-0.2, -0.15) is 0 Å². The van der Waals surface area contributed by atoms with Crippen molar-refractivity contribution in [2.45, 2.75) is 39.3 Å². The first-order chi connectivity index (χ1) is 9.79. The number of hydrogen-bond donors (Lipinski definition) is 4. The molecule has 0 bridgehead atoms. The summed E-state index contributed by atoms with van der Waals surface area (Å²) in [6.45, 7) is 4.31. The van der Waals surface area contributed by atoms with E-state index >= 15 is 0 Å². The van der Waals surface area contributed by atoms with Crippen molar-refractivity contribution in [1.82, 2.24) is 10.6 Å². The van der Waals surface area contributed by atoms with Gasteiger partial charge in [0.25, 0.3) is 0 Å². The summed E-state index contributed by atoms with van der Waals surface area (Å²) in [7, 11) is 0. The molecule has 1 rings (SSSR count). The average molecular weight is 313 g/mol. The number of nitrogens with two attached hydrogens (primary N) is 1. The Morgan fingerprint density at radius 3 is 2.52 bits per heavy atom. The Bertz CT molecular complexity index is 522. The fourth-order valence-corrected chi connectivity index (χ4v) is 2.65. The maximum absolute atomic E-state index is 11.7. The number of carbonyl (C=O) groups is 3. The van der Waals surface area contributed by atoms with Gasteiger partial charge in [-0.25, -0.2) is 9.59 Å². The van der Waals surface area contributed by atoms with Crippen LogP contribution >= 0.6 is 11.3 Å². The molecule has 1 aromatic heterocycles. The Balaban J connectivity index is 2.46. The molecule has 1 atom stereocenters. The molecule has 1 aromatic rings. The third-order valence-corrected chi connectivity index (χ3v) is 4.08. The summed E-state index contributed by atoms with van der Waals surface area (Å²) in [5.41, 5.74) is 6.12. The third kappa shape index (κ3) is 5.82. The van der Waals surface area contributed by atoms with E-state index in [0.717, 1.165) is 10.4 Å². The highest BCUT2D eigenvalue weighted by molar-refractivity contribution is 7.12. The lowest BCUT2D eigenvalue weighted by Crippen LogP contribution is -2.46. The van der Waals surface area contributed by atoms with Crippen molar-refractivity contribution in [3.63, 3.8) is 0 Å². The van der Waals surface area contributed by atoms with Crippen LogP contribution in [0.4, 0.5) is 4.79 Å². The number of nitrogens with one attached hydrogen (secondary N) is 2. The van der Waals surface area contributed by atoms with Crippen LogP contribution < -0.4 is 16.4 Å². The molecular formula is C13H19N3O4S. The number of carboxylic acids is 1. The van der Waals surface area contributed by atoms with Crippen LogP contribution in [0, 0.1) is 13.8 Å². The van der Waals surface area contributed by atoms with Crippen molar-refractivity contribution in [2.24, 2.45) is 5.73 Å². The van der Waals surface area contributed by atoms with Crippen molar-refractivity contribution in [1.29, 1.82) is 0 Å². The maximum Gasteiger partial charge on any atom is 0.326 e. The minimum Gasteiger partial charge on any atom is -0.480 e. The number of rotatable bonds is 7. The number of hydrogen-bond acceptors (Lipinski definition) is 4. The van der Waals surface area contributed by atoms with Gasteiger partial charge in [0.1, 0.15) is 6.04 Å². The molecular weight excluding hydrogens is 294 g/mol. The largest absolute Gasteiger partial charge is 0.480 e. The molecule has 0 spiro atoms. The number of carbonyl (C=O) groups excluding carboxylic acids is 2. The lowest BCUT2D eigenvalue weighted by molar-refractivity contribution is -0.139. The fourth-order valence-electron chi connectivity index (χ4n) is 1.66. The highest BCUT2D eigenvalue weighted by Gasteiger charge is 2.20. The maximum atomic E-state index is 11.7. The van der Waals surface area contributed by atoms with Crippen LogP contribution in [0.3, 0.4) is 0 Å². The molecule has 0 saturated carbocycles. The van der Waals surface area contributed by atoms with Gasteiger partial charge in [-0.1, -0.05) is 0 Å². The van der Waals surface area contributed by atoms with Gasteiger partial charge in [-0.15, -0.1) is 11.3 Å². The number of amides is 3. The molecule has 0 aliphatic carbocycles. The van der Waals surface area contributed by atoms with Gasteiger partial charge < -0.3 is 21.5 Å². The molecule has 0 saturated heterocycles. The second-order valence-electron chi connectivity index (χ2n) is 4.67. The topological polar surface area (TPSA) is 122 Å². The average Bonchev–Trinajstić information content (AvgIpc) is 2.71. The van der Waals surface area contributed by atoms with Crippen LogP contribution in [0.15, 0.2) is 6.07 Å². The zero-order valence-corrected chi connectivity index (χ0v) is 12.8. The van der Waals surface area contributed by atoms with E-state index in [1.54, 1.807) is 11.3 Å². The van der Waals surface area contributed by atoms with Crippen molar-refractivity contribution in [2.75, 3.05) is 0 Å². The molecule has 1 heterocycles. The smallest absolute Gasteiger partial charge is 0.326 e. The highest BCUT2D eigenvalue weighted by atomic mass is 32.1. The molecule has 0 unspecified atom stereocenters. The Morgan fingerprint density at radius 1 is 1.38 bits per heavy atom. The van der Waals surface area contributed by atoms with E-state index in [2.05, 4.69) is 10.6 Å². The Kier molecular flexibility index (Phi) is 6.16. The van der Waals surface area contributed by atoms with Gasteiger partial charge >= 0.3 is 12.0 Å². The first-order valence-corrected chi connectivity index (χ1v) is 7.22. The molecule has 3 amide bonds. The monoisotopic (exact) mass is 313 g/mol. The minimum atomic E-state index is -1.20. The summed E-state index contributed by atoms with van der Waals surface area (Å²) in [6, 6.07) is 0.252. The number of primary amides is 1. The van der Waals surface area contributed by atoms with Crippen LogP contribution in [-0.4, -0.2) is 29.1 Å². The van der Waals surface area contributed by atoms with Crippen molar-refractivity contribution < 1.29 is 19.5 Å². The van der Waals surface area contributed by atoms with E-state index in [1.807, 2.05) is 19.9 Å². The molecule has 116 valence electrons. The first kappa shape index (κ1) is 17.0. The molecule has 0 aliphatic rings. The number of carboxylic acid groups (broad SMARTS) is 1. The van der Waals surface area contributed by atoms with E-state index in [4.69, 9.17) is 10.8 Å². The van der Waals surface area contributed by atoms with E-state index < -0.39 is 23.9 Å². The number of aryl methyl sites for hydroxylation is 2. The lowest BCUT2D eigenvalue weighted by atomic mass is 10.1. The van der Waals surface area contributed by atoms with E-state index in [0.29, 0.717) is 6.54 Å². The van der Waals surface area contributed by atoms with Gasteiger partial charge in [0, 0.05) is 16.2 Å². The quantitative estimate of drug-likeness (QED) is 0.597. The molecule has 0 radical (unpaired) electrons. The Labute approximate surface area is 126 Å². The SMILES string of the molecule is Cc1cc(CNC(=O)N[C@H](CCC(N)=O)C(=O)O)sc1C. The van der Waals surface area contributed by atoms with Gasteiger partial charge in [-0.3, -0.25) is 4.79 Å². The Hall–Kier alpha value is -2.09. The van der Waals surface area contributed by atoms with E-state index in [9.17, 15) is 14.4 Å². The van der Waals surface area contributed by atoms with Gasteiger partial charge in [-0.05, 0) is 31.9 Å². The number of thiophene rings is 1. The second kappa shape index (κ2) is 7.63. The Morgan fingerprint density at radius 2 is 2.05 bits per heavy atom. The number of aliphatic carboxylic acids is 1. The number of urea groups is 1. The summed E-state index contributed by atoms with van der Waals surface area (Å²) in [4.78, 5) is 35.5. The van der Waals surface area contributed by atoms with E-state index in [1.165, 1.54) is 4.88 Å². The lowest BCUT2D eigenvalue weighted by Gasteiger charge is -2.14. The molecule has 0 aromatic carbocycles. The second-order valence-corrected chi connectivity index (χ2v) is 6.02. The zero-order chi connectivity index (χ0) is 16.0. The van der Waals surface area contributed by atoms with Gasteiger partial charge in [0.05, 0.1) is 6.54 Å². The van der Waals surface area contributed by atoms with Crippen LogP contribution in [0.1, 0.15) is 28.2 Å². The van der Waals surface area contributed by atoms with E-state index in [-0.39, 0.29) is 12.8 Å². The predicted octanol–water partition coefficient (Wildman–Crippen LogP) is 0.883. The van der Waals surface area contributed by atoms with Crippen molar-refractivity contribution >= 4 is 29.2 Å². The molecule has 0 aliphatic heterocycles.